The van der Waals surface area contributed by atoms with Crippen LogP contribution >= 0.6 is 0 Å². The zero-order chi connectivity index (χ0) is 18.1. The van der Waals surface area contributed by atoms with Crippen LogP contribution in [0.15, 0.2) is 6.07 Å². The van der Waals surface area contributed by atoms with Crippen molar-refractivity contribution < 1.29 is 9.53 Å². The predicted octanol–water partition coefficient (Wildman–Crippen LogP) is 1.79. The van der Waals surface area contributed by atoms with E-state index in [1.165, 1.54) is 0 Å². The molecule has 1 aliphatic rings. The van der Waals surface area contributed by atoms with Crippen molar-refractivity contribution in [1.29, 1.82) is 0 Å². The standard InChI is InChI=1S/C18H31N5O2/c1-4-7-23(8-5-2)17(24)16-14-15(3)20-18(21-16)19-6-9-22-10-12-25-13-11-22/h14H,4-13H2,1-3H3,(H,19,20,21). The summed E-state index contributed by atoms with van der Waals surface area (Å²) >= 11 is 0. The summed E-state index contributed by atoms with van der Waals surface area (Å²) in [6.07, 6.45) is 1.89. The Morgan fingerprint density at radius 3 is 2.56 bits per heavy atom. The van der Waals surface area contributed by atoms with Crippen molar-refractivity contribution in [2.45, 2.75) is 33.6 Å². The second kappa shape index (κ2) is 10.3. The van der Waals surface area contributed by atoms with Gasteiger partial charge in [-0.3, -0.25) is 9.69 Å². The number of amides is 1. The minimum absolute atomic E-state index is 0.00886. The molecule has 7 heteroatoms. The topological polar surface area (TPSA) is 70.6 Å². The minimum Gasteiger partial charge on any atom is -0.379 e. The van der Waals surface area contributed by atoms with Gasteiger partial charge in [0.05, 0.1) is 13.2 Å². The monoisotopic (exact) mass is 349 g/mol. The van der Waals surface area contributed by atoms with Crippen LogP contribution in [0.25, 0.3) is 0 Å². The lowest BCUT2D eigenvalue weighted by molar-refractivity contribution is 0.0398. The number of carbonyl (C=O) groups is 1. The molecule has 0 atom stereocenters. The molecule has 2 rings (SSSR count). The van der Waals surface area contributed by atoms with Crippen LogP contribution in [0.5, 0.6) is 0 Å². The first-order chi connectivity index (χ1) is 12.1. The van der Waals surface area contributed by atoms with Crippen molar-refractivity contribution in [3.8, 4) is 0 Å². The smallest absolute Gasteiger partial charge is 0.272 e. The molecule has 1 aliphatic heterocycles. The molecule has 0 spiro atoms. The average molecular weight is 349 g/mol. The van der Waals surface area contributed by atoms with E-state index in [-0.39, 0.29) is 5.91 Å². The number of nitrogens with zero attached hydrogens (tertiary/aromatic N) is 4. The molecule has 1 saturated heterocycles. The van der Waals surface area contributed by atoms with Crippen LogP contribution in [0.3, 0.4) is 0 Å². The summed E-state index contributed by atoms with van der Waals surface area (Å²) in [5.41, 5.74) is 1.28. The summed E-state index contributed by atoms with van der Waals surface area (Å²) in [6, 6.07) is 1.77. The fourth-order valence-corrected chi connectivity index (χ4v) is 2.92. The molecule has 1 aromatic heterocycles. The first-order valence-corrected chi connectivity index (χ1v) is 9.33. The van der Waals surface area contributed by atoms with E-state index in [1.54, 1.807) is 6.07 Å². The lowest BCUT2D eigenvalue weighted by Gasteiger charge is -2.26. The molecule has 25 heavy (non-hydrogen) atoms. The van der Waals surface area contributed by atoms with Gasteiger partial charge in [-0.15, -0.1) is 0 Å². The Bertz CT molecular complexity index is 540. The number of anilines is 1. The summed E-state index contributed by atoms with van der Waals surface area (Å²) in [4.78, 5) is 25.8. The molecule has 0 saturated carbocycles. The van der Waals surface area contributed by atoms with E-state index in [0.717, 1.165) is 71.0 Å². The van der Waals surface area contributed by atoms with Crippen molar-refractivity contribution in [3.05, 3.63) is 17.5 Å². The number of nitrogens with one attached hydrogen (secondary N) is 1. The second-order valence-corrected chi connectivity index (χ2v) is 6.39. The van der Waals surface area contributed by atoms with E-state index in [0.29, 0.717) is 11.6 Å². The van der Waals surface area contributed by atoms with Gasteiger partial charge < -0.3 is 15.0 Å². The Balaban J connectivity index is 1.96. The van der Waals surface area contributed by atoms with Crippen LogP contribution in [-0.4, -0.2) is 78.2 Å². The summed E-state index contributed by atoms with van der Waals surface area (Å²) in [5.74, 6) is 0.523. The third-order valence-corrected chi connectivity index (χ3v) is 4.16. The first-order valence-electron chi connectivity index (χ1n) is 9.33. The highest BCUT2D eigenvalue weighted by Gasteiger charge is 2.17. The molecule has 0 bridgehead atoms. The van der Waals surface area contributed by atoms with Crippen molar-refractivity contribution >= 4 is 11.9 Å². The van der Waals surface area contributed by atoms with E-state index in [1.807, 2.05) is 11.8 Å². The second-order valence-electron chi connectivity index (χ2n) is 6.39. The van der Waals surface area contributed by atoms with E-state index in [9.17, 15) is 4.79 Å². The summed E-state index contributed by atoms with van der Waals surface area (Å²) in [6.45, 7) is 12.8. The lowest BCUT2D eigenvalue weighted by Crippen LogP contribution is -2.39. The molecule has 0 aromatic carbocycles. The van der Waals surface area contributed by atoms with Gasteiger partial charge in [0.2, 0.25) is 5.95 Å². The third-order valence-electron chi connectivity index (χ3n) is 4.16. The maximum absolute atomic E-state index is 12.7. The molecular formula is C18H31N5O2. The molecule has 0 radical (unpaired) electrons. The van der Waals surface area contributed by atoms with Gasteiger partial charge in [-0.25, -0.2) is 9.97 Å². The number of hydrogen-bond donors (Lipinski definition) is 1. The van der Waals surface area contributed by atoms with E-state index in [4.69, 9.17) is 4.74 Å². The number of rotatable bonds is 9. The average Bonchev–Trinajstić information content (AvgIpc) is 2.61. The Kier molecular flexibility index (Phi) is 8.08. The van der Waals surface area contributed by atoms with Crippen LogP contribution in [0.2, 0.25) is 0 Å². The Labute approximate surface area is 150 Å². The van der Waals surface area contributed by atoms with Crippen LogP contribution < -0.4 is 5.32 Å². The maximum atomic E-state index is 12.7. The molecule has 1 amide bonds. The molecule has 7 nitrogen and oxygen atoms in total. The number of carbonyl (C=O) groups excluding carboxylic acids is 1. The predicted molar refractivity (Wildman–Crippen MR) is 99.0 cm³/mol. The fourth-order valence-electron chi connectivity index (χ4n) is 2.92. The zero-order valence-electron chi connectivity index (χ0n) is 15.8. The number of aromatic nitrogens is 2. The summed E-state index contributed by atoms with van der Waals surface area (Å²) in [5, 5.41) is 3.26. The van der Waals surface area contributed by atoms with Gasteiger partial charge in [0.15, 0.2) is 0 Å². The molecule has 2 heterocycles. The number of ether oxygens (including phenoxy) is 1. The van der Waals surface area contributed by atoms with Gasteiger partial charge in [0, 0.05) is 45.0 Å². The minimum atomic E-state index is -0.00886. The van der Waals surface area contributed by atoms with E-state index < -0.39 is 0 Å². The molecule has 0 unspecified atom stereocenters. The normalized spacial score (nSPS) is 15.2. The maximum Gasteiger partial charge on any atom is 0.272 e. The summed E-state index contributed by atoms with van der Waals surface area (Å²) < 4.78 is 5.36. The van der Waals surface area contributed by atoms with Gasteiger partial charge >= 0.3 is 0 Å². The highest BCUT2D eigenvalue weighted by Crippen LogP contribution is 2.09. The van der Waals surface area contributed by atoms with Crippen LogP contribution in [0, 0.1) is 6.92 Å². The van der Waals surface area contributed by atoms with Gasteiger partial charge in [0.1, 0.15) is 5.69 Å². The largest absolute Gasteiger partial charge is 0.379 e. The quantitative estimate of drug-likeness (QED) is 0.733. The van der Waals surface area contributed by atoms with E-state index in [2.05, 4.69) is 34.0 Å². The Morgan fingerprint density at radius 2 is 1.92 bits per heavy atom. The Hall–Kier alpha value is -1.73. The molecule has 1 fully saturated rings. The molecular weight excluding hydrogens is 318 g/mol. The molecule has 140 valence electrons. The number of hydrogen-bond acceptors (Lipinski definition) is 6. The number of aryl methyl sites for hydroxylation is 1. The molecule has 0 aliphatic carbocycles. The Morgan fingerprint density at radius 1 is 1.24 bits per heavy atom. The van der Waals surface area contributed by atoms with Gasteiger partial charge in [-0.1, -0.05) is 13.8 Å². The van der Waals surface area contributed by atoms with Crippen LogP contribution in [0.4, 0.5) is 5.95 Å². The van der Waals surface area contributed by atoms with Crippen LogP contribution in [0.1, 0.15) is 42.9 Å². The molecule has 1 aromatic rings. The first kappa shape index (κ1) is 19.6. The van der Waals surface area contributed by atoms with Crippen molar-refractivity contribution in [2.24, 2.45) is 0 Å². The van der Waals surface area contributed by atoms with Crippen molar-refractivity contribution in [1.82, 2.24) is 19.8 Å². The molecule has 1 N–H and O–H groups in total. The highest BCUT2D eigenvalue weighted by molar-refractivity contribution is 5.92. The third kappa shape index (κ3) is 6.25. The van der Waals surface area contributed by atoms with Gasteiger partial charge in [-0.2, -0.15) is 0 Å². The zero-order valence-corrected chi connectivity index (χ0v) is 15.8. The lowest BCUT2D eigenvalue weighted by atomic mass is 10.2. The van der Waals surface area contributed by atoms with Crippen molar-refractivity contribution in [2.75, 3.05) is 57.8 Å². The van der Waals surface area contributed by atoms with Gasteiger partial charge in [-0.05, 0) is 25.8 Å². The van der Waals surface area contributed by atoms with Crippen molar-refractivity contribution in [3.63, 3.8) is 0 Å². The highest BCUT2D eigenvalue weighted by atomic mass is 16.5. The van der Waals surface area contributed by atoms with E-state index >= 15 is 0 Å². The SMILES string of the molecule is CCCN(CCC)C(=O)c1cc(C)nc(NCCN2CCOCC2)n1. The fraction of sp³-hybridized carbons (Fsp3) is 0.722. The van der Waals surface area contributed by atoms with Crippen LogP contribution in [-0.2, 0) is 4.74 Å². The number of morpholine rings is 1. The summed E-state index contributed by atoms with van der Waals surface area (Å²) in [7, 11) is 0. The van der Waals surface area contributed by atoms with Gasteiger partial charge in [0.25, 0.3) is 5.91 Å².